The molecule has 0 aliphatic carbocycles. The van der Waals surface area contributed by atoms with Crippen LogP contribution in [0.2, 0.25) is 0 Å². The second-order valence-electron chi connectivity index (χ2n) is 3.86. The molecule has 1 saturated heterocycles. The number of hydrogen-bond donors (Lipinski definition) is 4. The van der Waals surface area contributed by atoms with Crippen LogP contribution in [0.1, 0.15) is 6.23 Å². The number of hydrogen-bond acceptors (Lipinski definition) is 6. The number of nitrogens with zero attached hydrogens (tertiary/aromatic N) is 2. The fourth-order valence-corrected chi connectivity index (χ4v) is 2.26. The number of ether oxygens (including phenoxy) is 1. The summed E-state index contributed by atoms with van der Waals surface area (Å²) in [5.74, 6) is -0.883. The van der Waals surface area contributed by atoms with E-state index in [1.807, 2.05) is 0 Å². The van der Waals surface area contributed by atoms with Crippen LogP contribution in [0.25, 0.3) is 0 Å². The SMILES string of the molecule is N=c1nc([Se])n([C@@H]2O[C@H](CO)[C@@H](O)[C@H]2O)cc1F. The van der Waals surface area contributed by atoms with Gasteiger partial charge in [0.1, 0.15) is 0 Å². The Kier molecular flexibility index (Phi) is 3.81. The van der Waals surface area contributed by atoms with Crippen LogP contribution < -0.4 is 10.2 Å². The van der Waals surface area contributed by atoms with Gasteiger partial charge in [0.25, 0.3) is 0 Å². The van der Waals surface area contributed by atoms with Crippen LogP contribution in [0.15, 0.2) is 6.20 Å². The summed E-state index contributed by atoms with van der Waals surface area (Å²) >= 11 is 2.51. The normalized spacial score (nSPS) is 31.8. The summed E-state index contributed by atoms with van der Waals surface area (Å²) in [6, 6.07) is 0. The zero-order valence-electron chi connectivity index (χ0n) is 9.02. The molecule has 0 saturated carbocycles. The van der Waals surface area contributed by atoms with E-state index in [1.54, 1.807) is 0 Å². The molecule has 2 heterocycles. The van der Waals surface area contributed by atoms with Gasteiger partial charge in [0.05, 0.1) is 0 Å². The Balaban J connectivity index is 2.38. The van der Waals surface area contributed by atoms with Gasteiger partial charge in [-0.3, -0.25) is 0 Å². The molecular formula is C9H11FN3O4Se. The molecule has 0 aromatic carbocycles. The third-order valence-corrected chi connectivity index (χ3v) is 3.33. The van der Waals surface area contributed by atoms with E-state index in [1.165, 1.54) is 0 Å². The van der Waals surface area contributed by atoms with Gasteiger partial charge in [0, 0.05) is 0 Å². The monoisotopic (exact) mass is 324 g/mol. The maximum absolute atomic E-state index is 13.3. The zero-order valence-corrected chi connectivity index (χ0v) is 10.7. The van der Waals surface area contributed by atoms with Crippen molar-refractivity contribution in [2.45, 2.75) is 24.5 Å². The molecule has 1 radical (unpaired) electrons. The van der Waals surface area contributed by atoms with Gasteiger partial charge in [-0.15, -0.1) is 0 Å². The van der Waals surface area contributed by atoms with Gasteiger partial charge in [-0.1, -0.05) is 0 Å². The molecule has 0 bridgehead atoms. The summed E-state index contributed by atoms with van der Waals surface area (Å²) < 4.78 is 19.8. The van der Waals surface area contributed by atoms with Crippen LogP contribution in [0, 0.1) is 11.2 Å². The number of aliphatic hydroxyl groups is 3. The van der Waals surface area contributed by atoms with Gasteiger partial charge in [0.2, 0.25) is 0 Å². The quantitative estimate of drug-likeness (QED) is 0.431. The Morgan fingerprint density at radius 2 is 2.17 bits per heavy atom. The first-order chi connectivity index (χ1) is 8.45. The van der Waals surface area contributed by atoms with Crippen molar-refractivity contribution in [2.24, 2.45) is 0 Å². The molecule has 1 aliphatic rings. The van der Waals surface area contributed by atoms with Gasteiger partial charge in [0.15, 0.2) is 0 Å². The minimum absolute atomic E-state index is 0.135. The van der Waals surface area contributed by atoms with E-state index in [9.17, 15) is 14.6 Å². The molecule has 99 valence electrons. The second kappa shape index (κ2) is 5.04. The van der Waals surface area contributed by atoms with Crippen LogP contribution in [0.4, 0.5) is 4.39 Å². The van der Waals surface area contributed by atoms with Crippen molar-refractivity contribution < 1.29 is 24.4 Å². The zero-order chi connectivity index (χ0) is 13.4. The average molecular weight is 323 g/mol. The fraction of sp³-hybridized carbons (Fsp3) is 0.556. The first kappa shape index (κ1) is 13.6. The van der Waals surface area contributed by atoms with Crippen molar-refractivity contribution in [1.82, 2.24) is 9.55 Å². The van der Waals surface area contributed by atoms with Gasteiger partial charge in [-0.2, -0.15) is 0 Å². The van der Waals surface area contributed by atoms with Crippen LogP contribution in [0.5, 0.6) is 0 Å². The van der Waals surface area contributed by atoms with Gasteiger partial charge >= 0.3 is 109 Å². The molecule has 0 unspecified atom stereocenters. The van der Waals surface area contributed by atoms with Crippen molar-refractivity contribution in [1.29, 1.82) is 5.41 Å². The predicted molar refractivity (Wildman–Crippen MR) is 56.4 cm³/mol. The molecule has 1 aliphatic heterocycles. The Morgan fingerprint density at radius 3 is 2.72 bits per heavy atom. The summed E-state index contributed by atoms with van der Waals surface area (Å²) in [5.41, 5.74) is -0.535. The molecule has 1 fully saturated rings. The summed E-state index contributed by atoms with van der Waals surface area (Å²) in [5, 5.41) is 35.5. The average Bonchev–Trinajstić information content (AvgIpc) is 2.61. The summed E-state index contributed by atoms with van der Waals surface area (Å²) in [6.07, 6.45) is -3.67. The molecule has 2 rings (SSSR count). The number of halogens is 1. The second-order valence-corrected chi connectivity index (χ2v) is 4.62. The van der Waals surface area contributed by atoms with Crippen molar-refractivity contribution >= 4 is 20.7 Å². The Bertz CT molecular complexity index is 511. The summed E-state index contributed by atoms with van der Waals surface area (Å²) in [4.78, 5) is 3.59. The maximum atomic E-state index is 13.3. The molecule has 7 nitrogen and oxygen atoms in total. The Labute approximate surface area is 109 Å². The molecule has 4 atom stereocenters. The van der Waals surface area contributed by atoms with Crippen molar-refractivity contribution in [3.8, 4) is 0 Å². The number of rotatable bonds is 2. The molecule has 18 heavy (non-hydrogen) atoms. The summed E-state index contributed by atoms with van der Waals surface area (Å²) in [7, 11) is 0. The van der Waals surface area contributed by atoms with E-state index in [0.717, 1.165) is 10.8 Å². The molecule has 0 amide bonds. The van der Waals surface area contributed by atoms with Crippen LogP contribution in [-0.2, 0) is 4.74 Å². The number of aliphatic hydroxyl groups excluding tert-OH is 3. The first-order valence-corrected chi connectivity index (χ1v) is 5.94. The topological polar surface area (TPSA) is 112 Å². The predicted octanol–water partition coefficient (Wildman–Crippen LogP) is -3.09. The molecule has 4 N–H and O–H groups in total. The van der Waals surface area contributed by atoms with Gasteiger partial charge in [-0.25, -0.2) is 0 Å². The van der Waals surface area contributed by atoms with Crippen LogP contribution >= 0.6 is 0 Å². The van der Waals surface area contributed by atoms with E-state index >= 15 is 0 Å². The van der Waals surface area contributed by atoms with E-state index in [0.29, 0.717) is 0 Å². The van der Waals surface area contributed by atoms with Crippen LogP contribution in [0.3, 0.4) is 0 Å². The van der Waals surface area contributed by atoms with Gasteiger partial charge in [-0.05, 0) is 0 Å². The molecule has 1 aromatic heterocycles. The minimum atomic E-state index is -1.32. The summed E-state index contributed by atoms with van der Waals surface area (Å²) in [6.45, 7) is -0.468. The molecule has 0 spiro atoms. The Morgan fingerprint density at radius 1 is 1.50 bits per heavy atom. The van der Waals surface area contributed by atoms with E-state index in [2.05, 4.69) is 21.0 Å². The van der Waals surface area contributed by atoms with Crippen molar-refractivity contribution in [2.75, 3.05) is 6.61 Å². The van der Waals surface area contributed by atoms with Crippen molar-refractivity contribution in [3.63, 3.8) is 0 Å². The standard InChI is InChI=1S/C9H11FN3O4Se/c10-3-1-13(9(18)12-7(3)11)8-6(16)5(15)4(2-14)17-8/h1,4-6,8,11,14-16H,2H2/t4-,5-,6-,8-/m1/s1. The Hall–Kier alpha value is -0.831. The molecule has 1 aromatic rings. The number of nitrogens with one attached hydrogen (secondary N) is 1. The third kappa shape index (κ3) is 2.20. The van der Waals surface area contributed by atoms with E-state index in [4.69, 9.17) is 15.3 Å². The first-order valence-electron chi connectivity index (χ1n) is 5.08. The fourth-order valence-electron chi connectivity index (χ4n) is 1.74. The molecule has 9 heteroatoms. The molecular weight excluding hydrogens is 312 g/mol. The van der Waals surface area contributed by atoms with Crippen molar-refractivity contribution in [3.05, 3.63) is 17.5 Å². The third-order valence-electron chi connectivity index (χ3n) is 2.70. The van der Waals surface area contributed by atoms with E-state index < -0.39 is 42.5 Å². The van der Waals surface area contributed by atoms with E-state index in [-0.39, 0.29) is 4.72 Å². The number of aromatic nitrogens is 2. The van der Waals surface area contributed by atoms with Gasteiger partial charge < -0.3 is 0 Å². The van der Waals surface area contributed by atoms with Crippen LogP contribution in [-0.4, -0.2) is 65.8 Å².